The number of hydrogen-bond acceptors (Lipinski definition) is 6. The molecule has 2 atom stereocenters. The van der Waals surface area contributed by atoms with Crippen LogP contribution in [0.5, 0.6) is 5.88 Å². The lowest BCUT2D eigenvalue weighted by Crippen LogP contribution is -2.45. The van der Waals surface area contributed by atoms with Crippen LogP contribution in [0.15, 0.2) is 36.7 Å². The van der Waals surface area contributed by atoms with Crippen molar-refractivity contribution in [3.8, 4) is 17.1 Å². The van der Waals surface area contributed by atoms with Gasteiger partial charge in [0.05, 0.1) is 29.3 Å². The first-order valence-corrected chi connectivity index (χ1v) is 12.3. The topological polar surface area (TPSA) is 92.1 Å². The standard InChI is InChI=1S/C27H31F2N5O2/c1-5-34(26(36)22-13-31-23(35)14-30-22)15-27(4)10-9-17(11-16(2)3)18-12-21(32-33-25(18)27)24-19(28)7-6-8-20(24)29/h6-8,12-14,16-17H,5,9-11,15H2,1-4H3,(H,31,35)/t17-,27-/m1/s1. The summed E-state index contributed by atoms with van der Waals surface area (Å²) in [6.45, 7) is 9.04. The van der Waals surface area contributed by atoms with Gasteiger partial charge in [0.2, 0.25) is 5.88 Å². The van der Waals surface area contributed by atoms with Crippen molar-refractivity contribution in [2.24, 2.45) is 5.92 Å². The smallest absolute Gasteiger partial charge is 0.274 e. The predicted octanol–water partition coefficient (Wildman–Crippen LogP) is 5.26. The highest BCUT2D eigenvalue weighted by molar-refractivity contribution is 5.92. The number of halogens is 2. The summed E-state index contributed by atoms with van der Waals surface area (Å²) < 4.78 is 29.1. The van der Waals surface area contributed by atoms with E-state index in [0.29, 0.717) is 19.0 Å². The Morgan fingerprint density at radius 3 is 2.53 bits per heavy atom. The number of nitrogens with zero attached hydrogens (tertiary/aromatic N) is 5. The van der Waals surface area contributed by atoms with Crippen LogP contribution in [0.4, 0.5) is 8.78 Å². The number of carbonyl (C=O) groups is 1. The van der Waals surface area contributed by atoms with E-state index in [2.05, 4.69) is 34.0 Å². The lowest BCUT2D eigenvalue weighted by Gasteiger charge is -2.41. The summed E-state index contributed by atoms with van der Waals surface area (Å²) in [7, 11) is 0. The van der Waals surface area contributed by atoms with E-state index in [0.717, 1.165) is 36.7 Å². The Morgan fingerprint density at radius 1 is 1.19 bits per heavy atom. The predicted molar refractivity (Wildman–Crippen MR) is 131 cm³/mol. The number of fused-ring (bicyclic) bond motifs is 1. The summed E-state index contributed by atoms with van der Waals surface area (Å²) in [6.07, 6.45) is 4.95. The third kappa shape index (κ3) is 5.05. The molecule has 2 aromatic heterocycles. The molecule has 0 unspecified atom stereocenters. The molecule has 1 amide bonds. The fourth-order valence-electron chi connectivity index (χ4n) is 5.13. The van der Waals surface area contributed by atoms with Crippen LogP contribution in [0.3, 0.4) is 0 Å². The number of rotatable bonds is 7. The van der Waals surface area contributed by atoms with E-state index < -0.39 is 17.0 Å². The Hall–Kier alpha value is -3.49. The summed E-state index contributed by atoms with van der Waals surface area (Å²) in [5.41, 5.74) is 1.30. The van der Waals surface area contributed by atoms with Crippen molar-refractivity contribution in [2.75, 3.05) is 13.1 Å². The number of amides is 1. The molecule has 0 radical (unpaired) electrons. The van der Waals surface area contributed by atoms with E-state index in [-0.39, 0.29) is 34.7 Å². The molecular weight excluding hydrogens is 464 g/mol. The fraction of sp³-hybridized carbons (Fsp3) is 0.444. The zero-order valence-corrected chi connectivity index (χ0v) is 21.0. The zero-order valence-electron chi connectivity index (χ0n) is 21.0. The van der Waals surface area contributed by atoms with Crippen LogP contribution in [-0.2, 0) is 5.41 Å². The van der Waals surface area contributed by atoms with E-state index in [1.54, 1.807) is 11.0 Å². The number of aromatic hydroxyl groups is 1. The second-order valence-electron chi connectivity index (χ2n) is 10.1. The van der Waals surface area contributed by atoms with Gasteiger partial charge in [-0.1, -0.05) is 26.8 Å². The number of carbonyl (C=O) groups excluding carboxylic acids is 1. The monoisotopic (exact) mass is 495 g/mol. The van der Waals surface area contributed by atoms with Crippen LogP contribution < -0.4 is 0 Å². The van der Waals surface area contributed by atoms with Gasteiger partial charge in [-0.05, 0) is 61.8 Å². The van der Waals surface area contributed by atoms with E-state index in [1.807, 2.05) is 13.8 Å². The van der Waals surface area contributed by atoms with Gasteiger partial charge in [-0.25, -0.2) is 18.7 Å². The molecule has 3 aromatic rings. The maximum absolute atomic E-state index is 14.5. The van der Waals surface area contributed by atoms with Crippen molar-refractivity contribution < 1.29 is 18.7 Å². The van der Waals surface area contributed by atoms with Crippen LogP contribution in [-0.4, -0.2) is 49.2 Å². The van der Waals surface area contributed by atoms with Crippen molar-refractivity contribution in [1.29, 1.82) is 0 Å². The van der Waals surface area contributed by atoms with Gasteiger partial charge in [0.1, 0.15) is 17.3 Å². The van der Waals surface area contributed by atoms with Crippen LogP contribution in [0.1, 0.15) is 74.6 Å². The maximum atomic E-state index is 14.5. The number of hydrogen-bond donors (Lipinski definition) is 1. The molecule has 4 rings (SSSR count). The van der Waals surface area contributed by atoms with Gasteiger partial charge in [0.15, 0.2) is 0 Å². The maximum Gasteiger partial charge on any atom is 0.274 e. The second kappa shape index (κ2) is 10.2. The molecule has 0 fully saturated rings. The van der Waals surface area contributed by atoms with E-state index in [9.17, 15) is 18.7 Å². The molecule has 0 aliphatic heterocycles. The Kier molecular flexibility index (Phi) is 7.28. The molecule has 190 valence electrons. The minimum absolute atomic E-state index is 0.142. The number of benzene rings is 1. The molecule has 7 nitrogen and oxygen atoms in total. The normalized spacial score (nSPS) is 19.2. The van der Waals surface area contributed by atoms with Crippen molar-refractivity contribution in [3.63, 3.8) is 0 Å². The van der Waals surface area contributed by atoms with E-state index >= 15 is 0 Å². The van der Waals surface area contributed by atoms with Gasteiger partial charge in [0.25, 0.3) is 5.91 Å². The molecule has 2 heterocycles. The average molecular weight is 496 g/mol. The van der Waals surface area contributed by atoms with Gasteiger partial charge >= 0.3 is 0 Å². The van der Waals surface area contributed by atoms with Crippen LogP contribution in [0, 0.1) is 17.6 Å². The summed E-state index contributed by atoms with van der Waals surface area (Å²) >= 11 is 0. The number of likely N-dealkylation sites (N-methyl/N-ethyl adjacent to an activating group) is 1. The van der Waals surface area contributed by atoms with Gasteiger partial charge in [-0.3, -0.25) is 4.79 Å². The third-order valence-corrected chi connectivity index (χ3v) is 6.92. The molecule has 1 N–H and O–H groups in total. The summed E-state index contributed by atoms with van der Waals surface area (Å²) in [5, 5.41) is 18.2. The van der Waals surface area contributed by atoms with Crippen LogP contribution >= 0.6 is 0 Å². The second-order valence-corrected chi connectivity index (χ2v) is 10.1. The summed E-state index contributed by atoms with van der Waals surface area (Å²) in [5.74, 6) is -1.31. The average Bonchev–Trinajstić information content (AvgIpc) is 2.84. The Labute approximate surface area is 209 Å². The molecule has 1 aromatic carbocycles. The summed E-state index contributed by atoms with van der Waals surface area (Å²) in [6, 6.07) is 5.53. The van der Waals surface area contributed by atoms with Crippen molar-refractivity contribution >= 4 is 5.91 Å². The van der Waals surface area contributed by atoms with Crippen molar-refractivity contribution in [2.45, 2.75) is 58.3 Å². The Balaban J connectivity index is 1.73. The molecule has 0 bridgehead atoms. The minimum Gasteiger partial charge on any atom is -0.492 e. The summed E-state index contributed by atoms with van der Waals surface area (Å²) in [4.78, 5) is 22.6. The van der Waals surface area contributed by atoms with E-state index in [4.69, 9.17) is 0 Å². The largest absolute Gasteiger partial charge is 0.492 e. The highest BCUT2D eigenvalue weighted by Crippen LogP contribution is 2.45. The lowest BCUT2D eigenvalue weighted by molar-refractivity contribution is 0.0707. The molecule has 0 spiro atoms. The van der Waals surface area contributed by atoms with Crippen LogP contribution in [0.2, 0.25) is 0 Å². The fourth-order valence-corrected chi connectivity index (χ4v) is 5.13. The highest BCUT2D eigenvalue weighted by atomic mass is 19.1. The third-order valence-electron chi connectivity index (χ3n) is 6.92. The minimum atomic E-state index is -0.680. The Morgan fingerprint density at radius 2 is 1.92 bits per heavy atom. The van der Waals surface area contributed by atoms with E-state index in [1.165, 1.54) is 24.4 Å². The molecule has 1 aliphatic carbocycles. The lowest BCUT2D eigenvalue weighted by atomic mass is 9.68. The molecule has 0 saturated heterocycles. The molecule has 36 heavy (non-hydrogen) atoms. The highest BCUT2D eigenvalue weighted by Gasteiger charge is 2.41. The first-order chi connectivity index (χ1) is 17.1. The molecular formula is C27H31F2N5O2. The Bertz CT molecular complexity index is 1230. The van der Waals surface area contributed by atoms with Crippen molar-refractivity contribution in [1.82, 2.24) is 25.1 Å². The quantitative estimate of drug-likeness (QED) is 0.481. The molecule has 0 saturated carbocycles. The first-order valence-electron chi connectivity index (χ1n) is 12.3. The molecule has 9 heteroatoms. The number of aromatic nitrogens is 4. The SMILES string of the molecule is CCN(C[C@@]1(C)CC[C@H](CC(C)C)c2cc(-c3c(F)cccc3F)nnc21)C(=O)c1cnc(O)cn1. The van der Waals surface area contributed by atoms with Crippen LogP contribution in [0.25, 0.3) is 11.3 Å². The van der Waals surface area contributed by atoms with Crippen molar-refractivity contribution in [3.05, 3.63) is 65.2 Å². The zero-order chi connectivity index (χ0) is 26.0. The van der Waals surface area contributed by atoms with Gasteiger partial charge in [-0.15, -0.1) is 0 Å². The van der Waals surface area contributed by atoms with Gasteiger partial charge < -0.3 is 10.0 Å². The van der Waals surface area contributed by atoms with Gasteiger partial charge in [-0.2, -0.15) is 10.2 Å². The first kappa shape index (κ1) is 25.6. The molecule has 1 aliphatic rings. The van der Waals surface area contributed by atoms with Gasteiger partial charge in [0, 0.05) is 18.5 Å².